The van der Waals surface area contributed by atoms with Crippen LogP contribution in [0.1, 0.15) is 200 Å². The number of anilines is 4. The van der Waals surface area contributed by atoms with Crippen LogP contribution in [0.3, 0.4) is 0 Å². The topological polar surface area (TPSA) is 508 Å². The molecule has 0 radical (unpaired) electrons. The van der Waals surface area contributed by atoms with Crippen molar-refractivity contribution in [1.29, 1.82) is 0 Å². The van der Waals surface area contributed by atoms with Gasteiger partial charge in [0.2, 0.25) is 17.8 Å². The number of aromatic nitrogens is 4. The van der Waals surface area contributed by atoms with Gasteiger partial charge in [0, 0.05) is 143 Å². The van der Waals surface area contributed by atoms with E-state index < -0.39 is 131 Å². The van der Waals surface area contributed by atoms with E-state index in [0.717, 1.165) is 98.9 Å². The minimum Gasteiger partial charge on any atom is -0.870 e. The molecule has 2 aliphatic heterocycles. The molecule has 2 saturated carbocycles. The molecule has 133 heavy (non-hydrogen) atoms. The summed E-state index contributed by atoms with van der Waals surface area (Å²) in [6, 6.07) is 14.7. The van der Waals surface area contributed by atoms with Crippen LogP contribution < -0.4 is 61.5 Å². The summed E-state index contributed by atoms with van der Waals surface area (Å²) in [4.78, 5) is 227. The Morgan fingerprint density at radius 2 is 0.812 bits per heavy atom. The van der Waals surface area contributed by atoms with E-state index in [0.29, 0.717) is 61.2 Å². The van der Waals surface area contributed by atoms with Crippen molar-refractivity contribution < 1.29 is 151 Å². The van der Waals surface area contributed by atoms with E-state index in [1.807, 2.05) is 0 Å². The maximum Gasteiger partial charge on any atom is 1.00 e. The number of carbonyl (C=O) groups is 15. The quantitative estimate of drug-likeness (QED) is 0.00588. The summed E-state index contributed by atoms with van der Waals surface area (Å²) < 4.78 is 117. The number of amides is 9. The molecule has 2 fully saturated rings. The minimum absolute atomic E-state index is 0. The number of methoxy groups -OCH3 is 2. The van der Waals surface area contributed by atoms with Gasteiger partial charge in [-0.3, -0.25) is 97.0 Å². The Morgan fingerprint density at radius 3 is 1.15 bits per heavy atom. The van der Waals surface area contributed by atoms with Gasteiger partial charge in [-0.25, -0.2) is 19.6 Å². The third kappa shape index (κ3) is 32.0. The van der Waals surface area contributed by atoms with Gasteiger partial charge in [-0.1, -0.05) is 38.8 Å². The summed E-state index contributed by atoms with van der Waals surface area (Å²) in [5.41, 5.74) is 4.31. The molecule has 0 spiro atoms. The Kier molecular flexibility index (Phi) is 40.9. The zero-order chi connectivity index (χ0) is 95.3. The largest absolute Gasteiger partial charge is 1.00 e. The zero-order valence-corrected chi connectivity index (χ0v) is 74.1. The van der Waals surface area contributed by atoms with Crippen molar-refractivity contribution in [3.63, 3.8) is 0 Å². The molecule has 2 aromatic heterocycles. The van der Waals surface area contributed by atoms with Crippen molar-refractivity contribution in [3.05, 3.63) is 152 Å². The van der Waals surface area contributed by atoms with Crippen molar-refractivity contribution in [1.82, 2.24) is 40.4 Å². The fourth-order valence-corrected chi connectivity index (χ4v) is 14.8. The second-order valence-electron chi connectivity index (χ2n) is 32.0. The average Bonchev–Trinajstić information content (AvgIpc) is 1.30. The molecule has 0 saturated heterocycles. The first-order valence-electron chi connectivity index (χ1n) is 42.8. The molecule has 4 aliphatic rings. The molecule has 2 aliphatic carbocycles. The zero-order valence-electron chi connectivity index (χ0n) is 74.1. The van der Waals surface area contributed by atoms with Gasteiger partial charge < -0.3 is 60.1 Å². The first-order valence-corrected chi connectivity index (χ1v) is 42.8. The van der Waals surface area contributed by atoms with Crippen LogP contribution in [0.5, 0.6) is 0 Å². The summed E-state index contributed by atoms with van der Waals surface area (Å²) in [7, 11) is 2.22. The fourth-order valence-electron chi connectivity index (χ4n) is 14.8. The molecule has 6 aromatic rings. The van der Waals surface area contributed by atoms with E-state index in [1.165, 1.54) is 72.8 Å². The molecule has 4 aromatic carbocycles. The number of halogens is 6. The number of nitrogens with one attached hydrogen (secondary N) is 5. The van der Waals surface area contributed by atoms with Gasteiger partial charge in [0.15, 0.2) is 11.6 Å². The molecular formula is C90H105F6LiN12O24. The molecule has 8 N–H and O–H groups in total. The van der Waals surface area contributed by atoms with Crippen LogP contribution in [0.25, 0.3) is 21.8 Å². The maximum absolute atomic E-state index is 13.9. The van der Waals surface area contributed by atoms with E-state index in [-0.39, 0.29) is 219 Å². The summed E-state index contributed by atoms with van der Waals surface area (Å²) >= 11 is 0. The van der Waals surface area contributed by atoms with E-state index in [2.05, 4.69) is 35.9 Å². The number of nitrogen functional groups attached to an aromatic ring is 1. The van der Waals surface area contributed by atoms with E-state index in [1.54, 1.807) is 13.8 Å². The van der Waals surface area contributed by atoms with E-state index >= 15 is 0 Å². The Bertz CT molecular complexity index is 5350. The Morgan fingerprint density at radius 1 is 0.474 bits per heavy atom. The number of hydrogen-bond acceptors (Lipinski definition) is 27. The van der Waals surface area contributed by atoms with Gasteiger partial charge in [0.1, 0.15) is 35.2 Å². The second-order valence-corrected chi connectivity index (χ2v) is 32.0. The predicted octanol–water partition coefficient (Wildman–Crippen LogP) is 6.56. The molecule has 4 heterocycles. The summed E-state index contributed by atoms with van der Waals surface area (Å²) in [6.45, 7) is 3.06. The minimum atomic E-state index is -5.30. The predicted molar refractivity (Wildman–Crippen MR) is 460 cm³/mol. The Hall–Kier alpha value is -12.3. The van der Waals surface area contributed by atoms with Crippen LogP contribution in [-0.4, -0.2) is 213 Å². The van der Waals surface area contributed by atoms with Crippen LogP contribution in [0.4, 0.5) is 49.6 Å². The van der Waals surface area contributed by atoms with Crippen molar-refractivity contribution in [3.8, 4) is 0 Å². The number of nitrogens with zero attached hydrogens (tertiary/aromatic N) is 6. The number of rotatable bonds is 46. The van der Waals surface area contributed by atoms with E-state index in [9.17, 15) is 108 Å². The number of alkyl halides is 6. The molecule has 9 amide bonds. The monoisotopic (exact) mass is 1860 g/mol. The number of aromatic amines is 2. The van der Waals surface area contributed by atoms with Gasteiger partial charge in [-0.15, -0.1) is 0 Å². The van der Waals surface area contributed by atoms with Crippen LogP contribution >= 0.6 is 0 Å². The molecule has 0 bridgehead atoms. The van der Waals surface area contributed by atoms with Crippen molar-refractivity contribution in [2.24, 2.45) is 5.92 Å². The number of imide groups is 2. The normalized spacial score (nSPS) is 15.0. The third-order valence-corrected chi connectivity index (χ3v) is 22.0. The van der Waals surface area contributed by atoms with Crippen LogP contribution in [0, 0.1) is 5.92 Å². The number of esters is 2. The number of H-pyrrole nitrogens is 2. The number of ether oxygens (including phenoxy) is 6. The van der Waals surface area contributed by atoms with Crippen LogP contribution in [-0.2, 0) is 104 Å². The first-order chi connectivity index (χ1) is 62.3. The van der Waals surface area contributed by atoms with Gasteiger partial charge >= 0.3 is 55.0 Å². The fraction of sp³-hybridized carbons (Fsp3) is 0.478. The second kappa shape index (κ2) is 50.5. The summed E-state index contributed by atoms with van der Waals surface area (Å²) in [6.07, 6.45) is 4.17. The average molecular weight is 1860 g/mol. The molecule has 712 valence electrons. The van der Waals surface area contributed by atoms with Crippen molar-refractivity contribution in [2.75, 3.05) is 74.6 Å². The molecule has 2 atom stereocenters. The van der Waals surface area contributed by atoms with Crippen LogP contribution in [0.2, 0.25) is 0 Å². The molecule has 43 heteroatoms. The first kappa shape index (κ1) is 108. The molecule has 10 rings (SSSR count). The van der Waals surface area contributed by atoms with Gasteiger partial charge in [0.25, 0.3) is 46.6 Å². The smallest absolute Gasteiger partial charge is 0.870 e. The van der Waals surface area contributed by atoms with E-state index in [4.69, 9.17) is 34.2 Å². The number of ketones is 4. The van der Waals surface area contributed by atoms with Gasteiger partial charge in [0.05, 0.1) is 75.5 Å². The number of benzene rings is 4. The number of carbonyl (C=O) groups excluding carboxylic acids is 15. The number of Topliss-reactive ketones (excluding diaryl/α,β-unsaturated/α-hetero) is 4. The van der Waals surface area contributed by atoms with Gasteiger partial charge in [-0.2, -0.15) is 26.3 Å². The van der Waals surface area contributed by atoms with Crippen molar-refractivity contribution in [2.45, 2.75) is 217 Å². The summed E-state index contributed by atoms with van der Waals surface area (Å²) in [5.74, 6) is -12.8. The maximum atomic E-state index is 13.9. The SMILES string of the molecule is COC(=O)[C@H](CCC(=O)CCCOC1(OCCCC(=O)CCN2C(=O)C=CC2=O)CCCCC1)NC(=O)c1ccc(N(Cc2ccc3nc(N)[nH]c(=O)c3c2)C(=O)C(F)(F)F)cc1.COC(=O)[C@H](CCC(=O)CCCOC1(OCCCC(=O)CCN2C(=O)C=CC2=O)CCCCC1)NC(=O)c1ccc(N(Cc2ccc3nc(NC(=O)C(C)C)[nH]c(=O)c3c2)C(=O)C(F)(F)F)cc1.[Li+].[OH-]. The third-order valence-electron chi connectivity index (χ3n) is 22.0. The number of nitrogens with two attached hydrogens (primary N) is 1. The summed E-state index contributed by atoms with van der Waals surface area (Å²) in [5, 5.41) is 7.52. The standard InChI is InChI=1S/C47H55F3N6O12.C43H49F3N6O11.Li.H2O/c1-29(2)40(61)53-45-52-36-17-11-30(27-35(36)42(63)54-45)28-56(44(65)47(48,49)50)32-14-12-31(13-15-32)41(62)51-37(43(64)66-3)18-16-33(57)9-7-25-67-46(22-5-4-6-23-46)68-26-8-10-34(58)21-24-55-38(59)19-20-39(55)60;1-61-39(59)34(16-14-30(53)7-5-23-62-42(20-3-2-4-21-42)63-24-6-8-31(54)19-22-51-35(55)17-18-36(51)56)48-37(57)28-10-12-29(13-11-28)52(40(60)43(44,45)46)26-27-9-15-33-32(25-27)38(58)50-41(47)49-33;;/h11-15,17,19-20,27,29,37H,4-10,16,18,21-26,28H2,1-3H3,(H,51,62)(H2,52,53,54,61,63);9-13,15,17-18,25,34H,2-8,14,16,19-24,26H2,1H3,(H,48,57)(H3,47,49,50,58);;1H2/q;;+1;/p-1/t37-;34-;;/m00../s1. The number of hydrogen-bond donors (Lipinski definition) is 6. The molecule has 0 unspecified atom stereocenters. The number of fused-ring (bicyclic) bond motifs is 2. The van der Waals surface area contributed by atoms with Gasteiger partial charge in [-0.05, 0) is 148 Å². The molecular weight excluding hydrogens is 1750 g/mol. The Balaban J connectivity index is 0.000000359. The Labute approximate surface area is 770 Å². The van der Waals surface area contributed by atoms with Crippen molar-refractivity contribution >= 4 is 133 Å². The van der Waals surface area contributed by atoms with Crippen LogP contribution in [0.15, 0.2) is 119 Å². The molecule has 36 nitrogen and oxygen atoms in total.